The van der Waals surface area contributed by atoms with Crippen LogP contribution in [0.15, 0.2) is 24.4 Å². The van der Waals surface area contributed by atoms with E-state index in [1.807, 2.05) is 24.4 Å². The van der Waals surface area contributed by atoms with E-state index in [2.05, 4.69) is 15.5 Å². The molecule has 1 aromatic heterocycles. The van der Waals surface area contributed by atoms with E-state index in [4.69, 9.17) is 4.74 Å². The summed E-state index contributed by atoms with van der Waals surface area (Å²) in [5.74, 6) is 0.917. The largest absolute Gasteiger partial charge is 0.489 e. The number of aromatic amines is 1. The van der Waals surface area contributed by atoms with Crippen LogP contribution in [0.4, 0.5) is 0 Å². The number of H-pyrrole nitrogens is 1. The monoisotopic (exact) mass is 203 g/mol. The van der Waals surface area contributed by atoms with Gasteiger partial charge in [-0.05, 0) is 25.1 Å². The minimum absolute atomic E-state index is 0.311. The summed E-state index contributed by atoms with van der Waals surface area (Å²) in [5.41, 5.74) is 1.03. The molecule has 2 aromatic rings. The van der Waals surface area contributed by atoms with Crippen molar-refractivity contribution in [1.82, 2.24) is 15.5 Å². The van der Waals surface area contributed by atoms with Gasteiger partial charge in [0.25, 0.3) is 0 Å². The maximum atomic E-state index is 5.84. The first-order valence-electron chi connectivity index (χ1n) is 5.22. The maximum Gasteiger partial charge on any atom is 0.121 e. The molecule has 3 rings (SSSR count). The zero-order chi connectivity index (χ0) is 10.1. The third kappa shape index (κ3) is 1.68. The first-order valence-corrected chi connectivity index (χ1v) is 5.22. The molecule has 0 spiro atoms. The Morgan fingerprint density at radius 2 is 2.40 bits per heavy atom. The number of hydrogen-bond acceptors (Lipinski definition) is 3. The highest BCUT2D eigenvalue weighted by Gasteiger charge is 2.15. The summed E-state index contributed by atoms with van der Waals surface area (Å²) in [6.45, 7) is 2.00. The number of nitrogens with zero attached hydrogens (tertiary/aromatic N) is 1. The van der Waals surface area contributed by atoms with Gasteiger partial charge in [-0.25, -0.2) is 0 Å². The fraction of sp³-hybridized carbons (Fsp3) is 0.364. The standard InChI is InChI=1S/C11H13N3O/c1-2-9(15-10-3-4-12-7-10)5-11-8(1)6-13-14-11/h1-2,5-6,10,12H,3-4,7H2,(H,13,14). The molecule has 4 heteroatoms. The molecule has 1 aliphatic rings. The van der Waals surface area contributed by atoms with Crippen molar-refractivity contribution in [2.75, 3.05) is 13.1 Å². The van der Waals surface area contributed by atoms with Gasteiger partial charge in [0.1, 0.15) is 11.9 Å². The van der Waals surface area contributed by atoms with Crippen molar-refractivity contribution in [2.45, 2.75) is 12.5 Å². The topological polar surface area (TPSA) is 49.9 Å². The molecule has 1 aromatic carbocycles. The van der Waals surface area contributed by atoms with Crippen LogP contribution in [0.3, 0.4) is 0 Å². The molecule has 0 saturated carbocycles. The Balaban J connectivity index is 1.84. The van der Waals surface area contributed by atoms with Gasteiger partial charge >= 0.3 is 0 Å². The summed E-state index contributed by atoms with van der Waals surface area (Å²) >= 11 is 0. The SMILES string of the molecule is c1cc2cn[nH]c2cc1OC1CCNC1. The number of fused-ring (bicyclic) bond motifs is 1. The Bertz CT molecular complexity index is 460. The summed E-state index contributed by atoms with van der Waals surface area (Å²) < 4.78 is 5.84. The van der Waals surface area contributed by atoms with E-state index >= 15 is 0 Å². The number of hydrogen-bond donors (Lipinski definition) is 2. The van der Waals surface area contributed by atoms with E-state index in [0.717, 1.165) is 36.2 Å². The highest BCUT2D eigenvalue weighted by molar-refractivity contribution is 5.79. The van der Waals surface area contributed by atoms with Crippen LogP contribution in [-0.2, 0) is 0 Å². The van der Waals surface area contributed by atoms with E-state index in [-0.39, 0.29) is 0 Å². The summed E-state index contributed by atoms with van der Waals surface area (Å²) in [5, 5.41) is 11.3. The van der Waals surface area contributed by atoms with Crippen molar-refractivity contribution in [3.8, 4) is 5.75 Å². The maximum absolute atomic E-state index is 5.84. The molecule has 0 radical (unpaired) electrons. The summed E-state index contributed by atoms with van der Waals surface area (Å²) in [4.78, 5) is 0. The van der Waals surface area contributed by atoms with Crippen molar-refractivity contribution >= 4 is 10.9 Å². The average Bonchev–Trinajstić information content (AvgIpc) is 2.87. The molecule has 1 saturated heterocycles. The van der Waals surface area contributed by atoms with Crippen LogP contribution in [-0.4, -0.2) is 29.4 Å². The predicted molar refractivity (Wildman–Crippen MR) is 58.0 cm³/mol. The van der Waals surface area contributed by atoms with Crippen LogP contribution in [0.2, 0.25) is 0 Å². The first kappa shape index (κ1) is 8.73. The Morgan fingerprint density at radius 3 is 3.27 bits per heavy atom. The third-order valence-corrected chi connectivity index (χ3v) is 2.73. The molecule has 4 nitrogen and oxygen atoms in total. The molecular formula is C11H13N3O. The molecule has 1 fully saturated rings. The number of aromatic nitrogens is 2. The Morgan fingerprint density at radius 1 is 1.40 bits per heavy atom. The van der Waals surface area contributed by atoms with Crippen LogP contribution >= 0.6 is 0 Å². The van der Waals surface area contributed by atoms with Crippen molar-refractivity contribution in [1.29, 1.82) is 0 Å². The van der Waals surface area contributed by atoms with Gasteiger partial charge in [-0.3, -0.25) is 5.10 Å². The summed E-state index contributed by atoms with van der Waals surface area (Å²) in [6.07, 6.45) is 3.21. The van der Waals surface area contributed by atoms with Crippen LogP contribution in [0.1, 0.15) is 6.42 Å². The Kier molecular flexibility index (Phi) is 2.07. The number of rotatable bonds is 2. The lowest BCUT2D eigenvalue weighted by Crippen LogP contribution is -2.19. The second-order valence-corrected chi connectivity index (χ2v) is 3.85. The number of benzene rings is 1. The lowest BCUT2D eigenvalue weighted by atomic mass is 10.2. The normalized spacial score (nSPS) is 20.9. The quantitative estimate of drug-likeness (QED) is 0.773. The Hall–Kier alpha value is -1.55. The van der Waals surface area contributed by atoms with Crippen LogP contribution in [0, 0.1) is 0 Å². The van der Waals surface area contributed by atoms with Gasteiger partial charge < -0.3 is 10.1 Å². The molecular weight excluding hydrogens is 190 g/mol. The van der Waals surface area contributed by atoms with Crippen molar-refractivity contribution in [3.05, 3.63) is 24.4 Å². The fourth-order valence-electron chi connectivity index (χ4n) is 1.91. The van der Waals surface area contributed by atoms with Gasteiger partial charge in [-0.1, -0.05) is 0 Å². The molecule has 2 N–H and O–H groups in total. The molecule has 1 atom stereocenters. The third-order valence-electron chi connectivity index (χ3n) is 2.73. The smallest absolute Gasteiger partial charge is 0.121 e. The predicted octanol–water partition coefficient (Wildman–Crippen LogP) is 1.30. The van der Waals surface area contributed by atoms with Gasteiger partial charge in [-0.15, -0.1) is 0 Å². The summed E-state index contributed by atoms with van der Waals surface area (Å²) in [7, 11) is 0. The van der Waals surface area contributed by atoms with E-state index in [0.29, 0.717) is 6.10 Å². The van der Waals surface area contributed by atoms with Crippen LogP contribution in [0.25, 0.3) is 10.9 Å². The number of ether oxygens (including phenoxy) is 1. The van der Waals surface area contributed by atoms with E-state index < -0.39 is 0 Å². The summed E-state index contributed by atoms with van der Waals surface area (Å²) in [6, 6.07) is 6.02. The van der Waals surface area contributed by atoms with Crippen molar-refractivity contribution < 1.29 is 4.74 Å². The van der Waals surface area contributed by atoms with Crippen molar-refractivity contribution in [2.24, 2.45) is 0 Å². The minimum atomic E-state index is 0.311. The minimum Gasteiger partial charge on any atom is -0.489 e. The van der Waals surface area contributed by atoms with Gasteiger partial charge in [0.15, 0.2) is 0 Å². The molecule has 2 heterocycles. The molecule has 0 amide bonds. The molecule has 0 aliphatic carbocycles. The highest BCUT2D eigenvalue weighted by Crippen LogP contribution is 2.20. The number of nitrogens with one attached hydrogen (secondary N) is 2. The first-order chi connectivity index (χ1) is 7.42. The zero-order valence-corrected chi connectivity index (χ0v) is 8.36. The van der Waals surface area contributed by atoms with Gasteiger partial charge in [0, 0.05) is 18.0 Å². The molecule has 1 unspecified atom stereocenters. The molecule has 1 aliphatic heterocycles. The zero-order valence-electron chi connectivity index (χ0n) is 8.36. The van der Waals surface area contributed by atoms with Gasteiger partial charge in [0.05, 0.1) is 11.7 Å². The highest BCUT2D eigenvalue weighted by atomic mass is 16.5. The van der Waals surface area contributed by atoms with Crippen LogP contribution < -0.4 is 10.1 Å². The molecule has 15 heavy (non-hydrogen) atoms. The van der Waals surface area contributed by atoms with Crippen LogP contribution in [0.5, 0.6) is 5.75 Å². The van der Waals surface area contributed by atoms with E-state index in [1.165, 1.54) is 0 Å². The molecule has 0 bridgehead atoms. The van der Waals surface area contributed by atoms with Gasteiger partial charge in [0.2, 0.25) is 0 Å². The fourth-order valence-corrected chi connectivity index (χ4v) is 1.91. The van der Waals surface area contributed by atoms with E-state index in [1.54, 1.807) is 0 Å². The second kappa shape index (κ2) is 3.55. The van der Waals surface area contributed by atoms with Gasteiger partial charge in [-0.2, -0.15) is 5.10 Å². The van der Waals surface area contributed by atoms with Crippen molar-refractivity contribution in [3.63, 3.8) is 0 Å². The lowest BCUT2D eigenvalue weighted by Gasteiger charge is -2.11. The Labute approximate surface area is 87.6 Å². The lowest BCUT2D eigenvalue weighted by molar-refractivity contribution is 0.223. The average molecular weight is 203 g/mol. The molecule has 78 valence electrons. The van der Waals surface area contributed by atoms with E-state index in [9.17, 15) is 0 Å². The second-order valence-electron chi connectivity index (χ2n) is 3.85.